The lowest BCUT2D eigenvalue weighted by Crippen LogP contribution is -2.24. The predicted molar refractivity (Wildman–Crippen MR) is 100 cm³/mol. The van der Waals surface area contributed by atoms with Crippen LogP contribution in [-0.4, -0.2) is 44.6 Å². The number of anilines is 1. The summed E-state index contributed by atoms with van der Waals surface area (Å²) in [5.41, 5.74) is 1.90. The molecule has 26 heavy (non-hydrogen) atoms. The summed E-state index contributed by atoms with van der Waals surface area (Å²) >= 11 is 0. The Morgan fingerprint density at radius 3 is 2.38 bits per heavy atom. The van der Waals surface area contributed by atoms with E-state index in [0.29, 0.717) is 19.6 Å². The highest BCUT2D eigenvalue weighted by molar-refractivity contribution is 5.72. The fourth-order valence-electron chi connectivity index (χ4n) is 2.39. The Bertz CT molecular complexity index is 687. The van der Waals surface area contributed by atoms with Gasteiger partial charge in [-0.05, 0) is 29.8 Å². The molecule has 0 saturated heterocycles. The van der Waals surface area contributed by atoms with E-state index in [0.717, 1.165) is 29.2 Å². The van der Waals surface area contributed by atoms with Crippen LogP contribution in [0.4, 0.5) is 5.69 Å². The van der Waals surface area contributed by atoms with E-state index in [1.165, 1.54) is 7.11 Å². The third kappa shape index (κ3) is 6.29. The highest BCUT2D eigenvalue weighted by Gasteiger charge is 2.16. The van der Waals surface area contributed by atoms with E-state index in [2.05, 4.69) is 5.32 Å². The Labute approximate surface area is 153 Å². The third-order valence-electron chi connectivity index (χ3n) is 3.85. The predicted octanol–water partition coefficient (Wildman–Crippen LogP) is 3.22. The van der Waals surface area contributed by atoms with E-state index < -0.39 is 12.1 Å². The maximum Gasteiger partial charge on any atom is 0.333 e. The van der Waals surface area contributed by atoms with Gasteiger partial charge in [-0.3, -0.25) is 0 Å². The summed E-state index contributed by atoms with van der Waals surface area (Å²) in [4.78, 5) is 11.0. The molecule has 0 amide bonds. The zero-order valence-electron chi connectivity index (χ0n) is 15.1. The molecular formula is C20H25NO5. The maximum atomic E-state index is 11.0. The highest BCUT2D eigenvalue weighted by atomic mass is 16.5. The van der Waals surface area contributed by atoms with Gasteiger partial charge in [0.25, 0.3) is 0 Å². The van der Waals surface area contributed by atoms with Crippen LogP contribution < -0.4 is 14.8 Å². The van der Waals surface area contributed by atoms with E-state index in [-0.39, 0.29) is 0 Å². The summed E-state index contributed by atoms with van der Waals surface area (Å²) in [5.74, 6) is 0.607. The van der Waals surface area contributed by atoms with Gasteiger partial charge in [0.15, 0.2) is 6.10 Å². The highest BCUT2D eigenvalue weighted by Crippen LogP contribution is 2.17. The number of ether oxygens (including phenoxy) is 3. The summed E-state index contributed by atoms with van der Waals surface area (Å²) < 4.78 is 16.3. The first-order chi connectivity index (χ1) is 12.6. The number of nitrogens with one attached hydrogen (secondary N) is 1. The van der Waals surface area contributed by atoms with Gasteiger partial charge in [0, 0.05) is 38.8 Å². The molecule has 2 rings (SSSR count). The molecule has 0 aromatic heterocycles. The summed E-state index contributed by atoms with van der Waals surface area (Å²) in [6.45, 7) is 1.11. The van der Waals surface area contributed by atoms with Gasteiger partial charge in [-0.15, -0.1) is 0 Å². The van der Waals surface area contributed by atoms with Crippen molar-refractivity contribution < 1.29 is 24.1 Å². The van der Waals surface area contributed by atoms with Crippen LogP contribution in [0.1, 0.15) is 12.0 Å². The van der Waals surface area contributed by atoms with Gasteiger partial charge < -0.3 is 24.6 Å². The van der Waals surface area contributed by atoms with Gasteiger partial charge in [0.2, 0.25) is 0 Å². The Morgan fingerprint density at radius 2 is 1.77 bits per heavy atom. The molecule has 0 heterocycles. The van der Waals surface area contributed by atoms with Crippen LogP contribution in [0.15, 0.2) is 48.5 Å². The van der Waals surface area contributed by atoms with Crippen LogP contribution in [0.3, 0.4) is 0 Å². The summed E-state index contributed by atoms with van der Waals surface area (Å²) in [7, 11) is 3.27. The minimum atomic E-state index is -0.965. The number of hydrogen-bond donors (Lipinski definition) is 2. The molecular weight excluding hydrogens is 334 g/mol. The van der Waals surface area contributed by atoms with Crippen molar-refractivity contribution in [3.63, 3.8) is 0 Å². The van der Waals surface area contributed by atoms with Gasteiger partial charge in [-0.2, -0.15) is 0 Å². The molecule has 1 atom stereocenters. The van der Waals surface area contributed by atoms with E-state index in [4.69, 9.17) is 19.3 Å². The van der Waals surface area contributed by atoms with E-state index >= 15 is 0 Å². The first-order valence-electron chi connectivity index (χ1n) is 8.50. The van der Waals surface area contributed by atoms with Gasteiger partial charge in [0.05, 0.1) is 13.2 Å². The van der Waals surface area contributed by atoms with Crippen LogP contribution in [0.5, 0.6) is 11.5 Å². The second kappa shape index (κ2) is 10.3. The molecule has 140 valence electrons. The van der Waals surface area contributed by atoms with Crippen molar-refractivity contribution in [1.82, 2.24) is 0 Å². The van der Waals surface area contributed by atoms with Crippen molar-refractivity contribution in [3.8, 4) is 11.5 Å². The molecule has 0 bridgehead atoms. The average Bonchev–Trinajstić information content (AvgIpc) is 2.66. The second-order valence-electron chi connectivity index (χ2n) is 5.74. The largest absolute Gasteiger partial charge is 0.493 e. The number of carbonyl (C=O) groups is 1. The third-order valence-corrected chi connectivity index (χ3v) is 3.85. The Kier molecular flexibility index (Phi) is 7.76. The molecule has 6 nitrogen and oxygen atoms in total. The lowest BCUT2D eigenvalue weighted by molar-refractivity contribution is -0.148. The summed E-state index contributed by atoms with van der Waals surface area (Å²) in [6.07, 6.45) is 0.252. The molecule has 2 aromatic carbocycles. The van der Waals surface area contributed by atoms with E-state index in [1.807, 2.05) is 55.6 Å². The zero-order valence-corrected chi connectivity index (χ0v) is 15.1. The van der Waals surface area contributed by atoms with Crippen molar-refractivity contribution in [2.75, 3.05) is 32.7 Å². The molecule has 0 fully saturated rings. The van der Waals surface area contributed by atoms with E-state index in [9.17, 15) is 4.79 Å². The number of benzene rings is 2. The lowest BCUT2D eigenvalue weighted by Gasteiger charge is -2.11. The number of rotatable bonds is 11. The van der Waals surface area contributed by atoms with Gasteiger partial charge in [-0.1, -0.05) is 18.2 Å². The first-order valence-corrected chi connectivity index (χ1v) is 8.50. The van der Waals surface area contributed by atoms with Gasteiger partial charge >= 0.3 is 5.97 Å². The standard InChI is InChI=1S/C20H25NO5/c1-21-16-5-3-6-18(14-16)26-12-4-11-25-17-9-7-15(8-10-17)13-19(24-2)20(22)23/h3,5-10,14,19,21H,4,11-13H2,1-2H3,(H,22,23). The number of hydrogen-bond acceptors (Lipinski definition) is 5. The van der Waals surface area contributed by atoms with Crippen molar-refractivity contribution in [1.29, 1.82) is 0 Å². The Morgan fingerprint density at radius 1 is 1.08 bits per heavy atom. The molecule has 6 heteroatoms. The SMILES string of the molecule is CNc1cccc(OCCCOc2ccc(CC(OC)C(=O)O)cc2)c1. The average molecular weight is 359 g/mol. The first kappa shape index (κ1) is 19.6. The number of aliphatic carboxylic acids is 1. The zero-order chi connectivity index (χ0) is 18.8. The summed E-state index contributed by atoms with van der Waals surface area (Å²) in [5, 5.41) is 12.1. The van der Waals surface area contributed by atoms with Gasteiger partial charge in [-0.25, -0.2) is 4.79 Å². The monoisotopic (exact) mass is 359 g/mol. The molecule has 0 aliphatic carbocycles. The molecule has 1 unspecified atom stereocenters. The van der Waals surface area contributed by atoms with Crippen LogP contribution in [0.25, 0.3) is 0 Å². The van der Waals surface area contributed by atoms with Gasteiger partial charge in [0.1, 0.15) is 11.5 Å². The van der Waals surface area contributed by atoms with E-state index in [1.54, 1.807) is 0 Å². The topological polar surface area (TPSA) is 77.0 Å². The van der Waals surface area contributed by atoms with Crippen molar-refractivity contribution in [3.05, 3.63) is 54.1 Å². The number of carboxylic acids is 1. The normalized spacial score (nSPS) is 11.6. The minimum Gasteiger partial charge on any atom is -0.493 e. The number of methoxy groups -OCH3 is 1. The molecule has 0 saturated carbocycles. The molecule has 0 aliphatic rings. The van der Waals surface area contributed by atoms with Crippen molar-refractivity contribution in [2.45, 2.75) is 18.9 Å². The van der Waals surface area contributed by atoms with Crippen LogP contribution in [0, 0.1) is 0 Å². The van der Waals surface area contributed by atoms with Crippen LogP contribution >= 0.6 is 0 Å². The maximum absolute atomic E-state index is 11.0. The Hall–Kier alpha value is -2.73. The molecule has 2 aromatic rings. The quantitative estimate of drug-likeness (QED) is 0.600. The van der Waals surface area contributed by atoms with Crippen molar-refractivity contribution in [2.24, 2.45) is 0 Å². The molecule has 0 radical (unpaired) electrons. The number of carboxylic acid groups (broad SMARTS) is 1. The molecule has 0 aliphatic heterocycles. The molecule has 2 N–H and O–H groups in total. The second-order valence-corrected chi connectivity index (χ2v) is 5.74. The lowest BCUT2D eigenvalue weighted by atomic mass is 10.1. The fraction of sp³-hybridized carbons (Fsp3) is 0.350. The van der Waals surface area contributed by atoms with Crippen LogP contribution in [-0.2, 0) is 16.0 Å². The smallest absolute Gasteiger partial charge is 0.333 e. The molecule has 0 spiro atoms. The fourth-order valence-corrected chi connectivity index (χ4v) is 2.39. The Balaban J connectivity index is 1.70. The summed E-state index contributed by atoms with van der Waals surface area (Å²) in [6, 6.07) is 15.2. The van der Waals surface area contributed by atoms with Crippen LogP contribution in [0.2, 0.25) is 0 Å². The minimum absolute atomic E-state index is 0.325. The van der Waals surface area contributed by atoms with Crippen molar-refractivity contribution >= 4 is 11.7 Å².